The number of ether oxygens (including phenoxy) is 3. The first kappa shape index (κ1) is 14.2. The standard InChI is InChI=1S/C16H14FNO4/c1-20-14-6-10-11-5-9(17)3-4-13(11)22-8-16(19)18-12(10)7-15(14)21-2/h3-7H,8H2,1-2H3,(H,18,19). The lowest BCUT2D eigenvalue weighted by atomic mass is 10.0. The van der Waals surface area contributed by atoms with Gasteiger partial charge in [0.15, 0.2) is 18.1 Å². The largest absolute Gasteiger partial charge is 0.493 e. The van der Waals surface area contributed by atoms with Gasteiger partial charge in [0.2, 0.25) is 0 Å². The molecule has 0 spiro atoms. The summed E-state index contributed by atoms with van der Waals surface area (Å²) in [6.45, 7) is -0.146. The molecule has 2 aromatic rings. The summed E-state index contributed by atoms with van der Waals surface area (Å²) < 4.78 is 29.6. The van der Waals surface area contributed by atoms with Gasteiger partial charge in [-0.2, -0.15) is 0 Å². The second-order valence-corrected chi connectivity index (χ2v) is 4.73. The molecule has 0 unspecified atom stereocenters. The molecule has 0 aromatic heterocycles. The SMILES string of the molecule is COc1cc2c(cc1OC)-c1cc(F)ccc1OCC(=O)N2. The summed E-state index contributed by atoms with van der Waals surface area (Å²) in [6, 6.07) is 7.48. The lowest BCUT2D eigenvalue weighted by molar-refractivity contribution is -0.118. The number of carbonyl (C=O) groups is 1. The molecule has 5 nitrogen and oxygen atoms in total. The van der Waals surface area contributed by atoms with Gasteiger partial charge < -0.3 is 19.5 Å². The molecule has 1 N–H and O–H groups in total. The topological polar surface area (TPSA) is 56.8 Å². The van der Waals surface area contributed by atoms with E-state index in [1.54, 1.807) is 12.1 Å². The lowest BCUT2D eigenvalue weighted by Gasteiger charge is -2.20. The fourth-order valence-corrected chi connectivity index (χ4v) is 2.37. The first-order chi connectivity index (χ1) is 10.6. The molecule has 1 aliphatic heterocycles. The number of halogens is 1. The Morgan fingerprint density at radius 3 is 2.55 bits per heavy atom. The van der Waals surface area contributed by atoms with E-state index in [1.807, 2.05) is 0 Å². The highest BCUT2D eigenvalue weighted by atomic mass is 19.1. The molecule has 0 radical (unpaired) electrons. The van der Waals surface area contributed by atoms with Crippen LogP contribution in [0, 0.1) is 5.82 Å². The summed E-state index contributed by atoms with van der Waals surface area (Å²) in [5, 5.41) is 2.73. The number of benzene rings is 2. The van der Waals surface area contributed by atoms with Crippen LogP contribution in [0.25, 0.3) is 11.1 Å². The third kappa shape index (κ3) is 2.43. The van der Waals surface area contributed by atoms with E-state index in [-0.39, 0.29) is 12.5 Å². The summed E-state index contributed by atoms with van der Waals surface area (Å²) in [5.74, 6) is 0.690. The molecule has 6 heteroatoms. The van der Waals surface area contributed by atoms with E-state index in [2.05, 4.69) is 5.32 Å². The number of hydrogen-bond donors (Lipinski definition) is 1. The number of carbonyl (C=O) groups excluding carboxylic acids is 1. The van der Waals surface area contributed by atoms with E-state index >= 15 is 0 Å². The van der Waals surface area contributed by atoms with Crippen LogP contribution in [0.2, 0.25) is 0 Å². The molecule has 1 amide bonds. The van der Waals surface area contributed by atoms with Gasteiger partial charge in [-0.3, -0.25) is 4.79 Å². The Labute approximate surface area is 126 Å². The highest BCUT2D eigenvalue weighted by Gasteiger charge is 2.21. The Kier molecular flexibility index (Phi) is 3.58. The molecule has 0 saturated carbocycles. The molecular formula is C16H14FNO4. The van der Waals surface area contributed by atoms with E-state index in [0.717, 1.165) is 0 Å². The van der Waals surface area contributed by atoms with Gasteiger partial charge in [-0.25, -0.2) is 4.39 Å². The third-order valence-corrected chi connectivity index (χ3v) is 3.39. The van der Waals surface area contributed by atoms with Crippen LogP contribution in [0.4, 0.5) is 10.1 Å². The van der Waals surface area contributed by atoms with E-state index in [1.165, 1.54) is 32.4 Å². The van der Waals surface area contributed by atoms with Gasteiger partial charge in [0, 0.05) is 17.2 Å². The minimum atomic E-state index is -0.394. The van der Waals surface area contributed by atoms with Crippen LogP contribution in [-0.4, -0.2) is 26.7 Å². The van der Waals surface area contributed by atoms with Gasteiger partial charge in [0.1, 0.15) is 11.6 Å². The van der Waals surface area contributed by atoms with Crippen LogP contribution in [0.15, 0.2) is 30.3 Å². The Bertz CT molecular complexity index is 745. The van der Waals surface area contributed by atoms with Crippen LogP contribution in [0.1, 0.15) is 0 Å². The van der Waals surface area contributed by atoms with Crippen molar-refractivity contribution in [2.24, 2.45) is 0 Å². The normalized spacial score (nSPS) is 13.0. The molecule has 1 heterocycles. The summed E-state index contributed by atoms with van der Waals surface area (Å²) in [6.07, 6.45) is 0. The number of rotatable bonds is 2. The number of amides is 1. The zero-order valence-corrected chi connectivity index (χ0v) is 12.1. The smallest absolute Gasteiger partial charge is 0.262 e. The average molecular weight is 303 g/mol. The molecule has 0 saturated heterocycles. The van der Waals surface area contributed by atoms with Crippen molar-refractivity contribution in [3.8, 4) is 28.4 Å². The Morgan fingerprint density at radius 2 is 1.82 bits per heavy atom. The van der Waals surface area contributed by atoms with Crippen LogP contribution >= 0.6 is 0 Å². The predicted molar refractivity (Wildman–Crippen MR) is 79.1 cm³/mol. The molecule has 1 aliphatic rings. The minimum absolute atomic E-state index is 0.146. The molecule has 0 bridgehead atoms. The molecule has 0 aliphatic carbocycles. The third-order valence-electron chi connectivity index (χ3n) is 3.39. The summed E-state index contributed by atoms with van der Waals surface area (Å²) in [4.78, 5) is 11.8. The van der Waals surface area contributed by atoms with Crippen molar-refractivity contribution in [1.29, 1.82) is 0 Å². The molecule has 22 heavy (non-hydrogen) atoms. The van der Waals surface area contributed by atoms with Crippen molar-refractivity contribution in [2.45, 2.75) is 0 Å². The monoisotopic (exact) mass is 303 g/mol. The van der Waals surface area contributed by atoms with E-state index in [9.17, 15) is 9.18 Å². The van der Waals surface area contributed by atoms with E-state index < -0.39 is 5.82 Å². The number of anilines is 1. The predicted octanol–water partition coefficient (Wildman–Crippen LogP) is 2.84. The van der Waals surface area contributed by atoms with Crippen molar-refractivity contribution < 1.29 is 23.4 Å². The molecule has 0 atom stereocenters. The number of methoxy groups -OCH3 is 2. The molecule has 3 rings (SSSR count). The fourth-order valence-electron chi connectivity index (χ4n) is 2.37. The highest BCUT2D eigenvalue weighted by Crippen LogP contribution is 2.42. The Hall–Kier alpha value is -2.76. The van der Waals surface area contributed by atoms with Gasteiger partial charge in [0.25, 0.3) is 5.91 Å². The Morgan fingerprint density at radius 1 is 1.09 bits per heavy atom. The molecule has 114 valence electrons. The quantitative estimate of drug-likeness (QED) is 0.927. The van der Waals surface area contributed by atoms with Crippen molar-refractivity contribution in [3.63, 3.8) is 0 Å². The molecule has 0 fully saturated rings. The van der Waals surface area contributed by atoms with Gasteiger partial charge in [-0.15, -0.1) is 0 Å². The van der Waals surface area contributed by atoms with Crippen molar-refractivity contribution in [2.75, 3.05) is 26.1 Å². The fraction of sp³-hybridized carbons (Fsp3) is 0.188. The zero-order valence-electron chi connectivity index (χ0n) is 12.1. The van der Waals surface area contributed by atoms with Crippen LogP contribution < -0.4 is 19.5 Å². The number of hydrogen-bond acceptors (Lipinski definition) is 4. The maximum absolute atomic E-state index is 13.6. The van der Waals surface area contributed by atoms with Gasteiger partial charge in [-0.05, 0) is 24.3 Å². The summed E-state index contributed by atoms with van der Waals surface area (Å²) in [7, 11) is 3.01. The van der Waals surface area contributed by atoms with Gasteiger partial charge in [0.05, 0.1) is 19.9 Å². The van der Waals surface area contributed by atoms with Crippen LogP contribution in [0.3, 0.4) is 0 Å². The summed E-state index contributed by atoms with van der Waals surface area (Å²) in [5.41, 5.74) is 1.65. The highest BCUT2D eigenvalue weighted by molar-refractivity contribution is 5.99. The maximum atomic E-state index is 13.6. The van der Waals surface area contributed by atoms with Crippen molar-refractivity contribution in [3.05, 3.63) is 36.1 Å². The van der Waals surface area contributed by atoms with E-state index in [4.69, 9.17) is 14.2 Å². The second-order valence-electron chi connectivity index (χ2n) is 4.73. The van der Waals surface area contributed by atoms with Crippen molar-refractivity contribution >= 4 is 11.6 Å². The molecular weight excluding hydrogens is 289 g/mol. The minimum Gasteiger partial charge on any atom is -0.493 e. The van der Waals surface area contributed by atoms with Crippen LogP contribution in [-0.2, 0) is 4.79 Å². The first-order valence-electron chi connectivity index (χ1n) is 6.61. The number of nitrogens with one attached hydrogen (secondary N) is 1. The van der Waals surface area contributed by atoms with Crippen LogP contribution in [0.5, 0.6) is 17.2 Å². The average Bonchev–Trinajstić information content (AvgIpc) is 2.51. The summed E-state index contributed by atoms with van der Waals surface area (Å²) >= 11 is 0. The number of fused-ring (bicyclic) bond motifs is 3. The lowest BCUT2D eigenvalue weighted by Crippen LogP contribution is -2.22. The first-order valence-corrected chi connectivity index (χ1v) is 6.61. The zero-order chi connectivity index (χ0) is 15.7. The second kappa shape index (κ2) is 5.55. The Balaban J connectivity index is 2.27. The maximum Gasteiger partial charge on any atom is 0.262 e. The van der Waals surface area contributed by atoms with Gasteiger partial charge in [-0.1, -0.05) is 0 Å². The van der Waals surface area contributed by atoms with Crippen molar-refractivity contribution in [1.82, 2.24) is 0 Å². The molecule has 2 aromatic carbocycles. The van der Waals surface area contributed by atoms with E-state index in [0.29, 0.717) is 34.1 Å². The van der Waals surface area contributed by atoms with Gasteiger partial charge >= 0.3 is 0 Å².